The Kier molecular flexibility index (Phi) is 4.36. The lowest BCUT2D eigenvalue weighted by atomic mass is 10.2. The van der Waals surface area contributed by atoms with Crippen LogP contribution < -0.4 is 4.90 Å². The van der Waals surface area contributed by atoms with Crippen molar-refractivity contribution in [2.24, 2.45) is 0 Å². The van der Waals surface area contributed by atoms with E-state index in [9.17, 15) is 0 Å². The quantitative estimate of drug-likeness (QED) is 0.497. The minimum atomic E-state index is 0.614. The van der Waals surface area contributed by atoms with Crippen molar-refractivity contribution < 1.29 is 0 Å². The van der Waals surface area contributed by atoms with Gasteiger partial charge in [-0.3, -0.25) is 10.00 Å². The van der Waals surface area contributed by atoms with Gasteiger partial charge in [-0.05, 0) is 50.2 Å². The number of anilines is 1. The summed E-state index contributed by atoms with van der Waals surface area (Å²) in [7, 11) is 0. The highest BCUT2D eigenvalue weighted by Gasteiger charge is 2.20. The minimum absolute atomic E-state index is 0.614. The molecule has 0 saturated carbocycles. The second-order valence-corrected chi connectivity index (χ2v) is 8.58. The number of nitrogens with one attached hydrogen (secondary N) is 2. The van der Waals surface area contributed by atoms with Gasteiger partial charge in [-0.1, -0.05) is 15.9 Å². The van der Waals surface area contributed by atoms with Gasteiger partial charge in [0.15, 0.2) is 5.82 Å². The zero-order valence-corrected chi connectivity index (χ0v) is 17.6. The topological polar surface area (TPSA) is 63.8 Å². The standard InChI is InChI=1S/C21H23BrN6/c1-13(2)27-7-9-28(10-8-27)15-4-6-18-19(12-15)24-21(23-18)20-16-11-14(22)3-5-17(16)25-26-20/h3-6,11-13H,7-10H2,1-2H3,(H,23,24)(H,25,26). The van der Waals surface area contributed by atoms with Gasteiger partial charge in [0.05, 0.1) is 16.6 Å². The average Bonchev–Trinajstić information content (AvgIpc) is 3.30. The van der Waals surface area contributed by atoms with Crippen molar-refractivity contribution in [1.29, 1.82) is 0 Å². The summed E-state index contributed by atoms with van der Waals surface area (Å²) in [6, 6.07) is 13.2. The number of piperazine rings is 1. The van der Waals surface area contributed by atoms with E-state index in [1.54, 1.807) is 0 Å². The zero-order valence-electron chi connectivity index (χ0n) is 16.0. The lowest BCUT2D eigenvalue weighted by molar-refractivity contribution is 0.209. The molecule has 2 N–H and O–H groups in total. The molecule has 1 fully saturated rings. The third-order valence-corrected chi connectivity index (χ3v) is 6.12. The Morgan fingerprint density at radius 1 is 1.00 bits per heavy atom. The van der Waals surface area contributed by atoms with Crippen LogP contribution in [-0.2, 0) is 0 Å². The molecule has 0 spiro atoms. The second kappa shape index (κ2) is 6.90. The van der Waals surface area contributed by atoms with Gasteiger partial charge >= 0.3 is 0 Å². The molecule has 3 heterocycles. The van der Waals surface area contributed by atoms with E-state index in [0.29, 0.717) is 6.04 Å². The Labute approximate surface area is 172 Å². The average molecular weight is 439 g/mol. The van der Waals surface area contributed by atoms with Crippen LogP contribution in [0.1, 0.15) is 13.8 Å². The first-order valence-corrected chi connectivity index (χ1v) is 10.5. The molecule has 1 aliphatic heterocycles. The molecule has 0 unspecified atom stereocenters. The summed E-state index contributed by atoms with van der Waals surface area (Å²) in [5.74, 6) is 0.793. The summed E-state index contributed by atoms with van der Waals surface area (Å²) in [5.41, 5.74) is 5.11. The van der Waals surface area contributed by atoms with Gasteiger partial charge in [0.2, 0.25) is 0 Å². The monoisotopic (exact) mass is 438 g/mol. The summed E-state index contributed by atoms with van der Waals surface area (Å²) in [6.07, 6.45) is 0. The zero-order chi connectivity index (χ0) is 19.3. The largest absolute Gasteiger partial charge is 0.369 e. The number of hydrogen-bond donors (Lipinski definition) is 2. The first kappa shape index (κ1) is 17.7. The van der Waals surface area contributed by atoms with Gasteiger partial charge in [-0.15, -0.1) is 0 Å². The Morgan fingerprint density at radius 3 is 2.61 bits per heavy atom. The fraction of sp³-hybridized carbons (Fsp3) is 0.333. The van der Waals surface area contributed by atoms with Crippen molar-refractivity contribution in [3.8, 4) is 11.5 Å². The van der Waals surface area contributed by atoms with Crippen LogP contribution >= 0.6 is 15.9 Å². The fourth-order valence-corrected chi connectivity index (χ4v) is 4.33. The smallest absolute Gasteiger partial charge is 0.159 e. The van der Waals surface area contributed by atoms with Crippen molar-refractivity contribution in [3.63, 3.8) is 0 Å². The molecule has 6 nitrogen and oxygen atoms in total. The van der Waals surface area contributed by atoms with Crippen molar-refractivity contribution in [3.05, 3.63) is 40.9 Å². The number of fused-ring (bicyclic) bond motifs is 2. The Balaban J connectivity index is 1.46. The number of rotatable bonds is 3. The van der Waals surface area contributed by atoms with Crippen LogP contribution in [-0.4, -0.2) is 57.3 Å². The third-order valence-electron chi connectivity index (χ3n) is 5.62. The van der Waals surface area contributed by atoms with Crippen LogP contribution in [0.3, 0.4) is 0 Å². The SMILES string of the molecule is CC(C)N1CCN(c2ccc3nc(-c4n[nH]c5ccc(Br)cc45)[nH]c3c2)CC1. The van der Waals surface area contributed by atoms with Crippen LogP contribution in [0.4, 0.5) is 5.69 Å². The molecule has 0 atom stereocenters. The number of nitrogens with zero attached hydrogens (tertiary/aromatic N) is 4. The highest BCUT2D eigenvalue weighted by atomic mass is 79.9. The molecule has 144 valence electrons. The van der Waals surface area contributed by atoms with Crippen molar-refractivity contribution in [1.82, 2.24) is 25.1 Å². The van der Waals surface area contributed by atoms with Gasteiger partial charge in [0.1, 0.15) is 5.69 Å². The molecule has 28 heavy (non-hydrogen) atoms. The van der Waals surface area contributed by atoms with Crippen LogP contribution in [0.2, 0.25) is 0 Å². The second-order valence-electron chi connectivity index (χ2n) is 7.67. The number of hydrogen-bond acceptors (Lipinski definition) is 4. The molecule has 1 saturated heterocycles. The number of benzene rings is 2. The molecular weight excluding hydrogens is 416 g/mol. The molecule has 4 aromatic rings. The number of imidazole rings is 1. The Hall–Kier alpha value is -2.38. The van der Waals surface area contributed by atoms with Crippen LogP contribution in [0, 0.1) is 0 Å². The first-order chi connectivity index (χ1) is 13.6. The van der Waals surface area contributed by atoms with Gasteiger partial charge in [-0.2, -0.15) is 5.10 Å². The van der Waals surface area contributed by atoms with E-state index in [2.05, 4.69) is 79.0 Å². The highest BCUT2D eigenvalue weighted by molar-refractivity contribution is 9.10. The molecule has 2 aromatic heterocycles. The van der Waals surface area contributed by atoms with Gasteiger partial charge in [-0.25, -0.2) is 4.98 Å². The van der Waals surface area contributed by atoms with E-state index in [1.807, 2.05) is 12.1 Å². The number of aromatic amines is 2. The summed E-state index contributed by atoms with van der Waals surface area (Å²) < 4.78 is 1.03. The lowest BCUT2D eigenvalue weighted by Crippen LogP contribution is -2.48. The fourth-order valence-electron chi connectivity index (χ4n) is 3.97. The Bertz CT molecular complexity index is 1140. The van der Waals surface area contributed by atoms with Crippen LogP contribution in [0.25, 0.3) is 33.5 Å². The van der Waals surface area contributed by atoms with Gasteiger partial charge in [0.25, 0.3) is 0 Å². The predicted octanol–water partition coefficient (Wildman–Crippen LogP) is 4.40. The number of halogens is 1. The summed E-state index contributed by atoms with van der Waals surface area (Å²) in [6.45, 7) is 8.87. The number of aromatic nitrogens is 4. The molecule has 0 aliphatic carbocycles. The third kappa shape index (κ3) is 3.08. The van der Waals surface area contributed by atoms with E-state index < -0.39 is 0 Å². The van der Waals surface area contributed by atoms with Gasteiger partial charge < -0.3 is 9.88 Å². The van der Waals surface area contributed by atoms with Crippen LogP contribution in [0.15, 0.2) is 40.9 Å². The highest BCUT2D eigenvalue weighted by Crippen LogP contribution is 2.29. The lowest BCUT2D eigenvalue weighted by Gasteiger charge is -2.38. The summed E-state index contributed by atoms with van der Waals surface area (Å²) >= 11 is 3.54. The van der Waals surface area contributed by atoms with Crippen LogP contribution in [0.5, 0.6) is 0 Å². The Morgan fingerprint density at radius 2 is 1.82 bits per heavy atom. The molecular formula is C21H23BrN6. The molecule has 2 aromatic carbocycles. The molecule has 0 amide bonds. The summed E-state index contributed by atoms with van der Waals surface area (Å²) in [4.78, 5) is 13.2. The van der Waals surface area contributed by atoms with E-state index in [0.717, 1.165) is 64.1 Å². The maximum Gasteiger partial charge on any atom is 0.159 e. The maximum absolute atomic E-state index is 4.78. The first-order valence-electron chi connectivity index (χ1n) is 9.71. The van der Waals surface area contributed by atoms with E-state index in [-0.39, 0.29) is 0 Å². The van der Waals surface area contributed by atoms with Crippen molar-refractivity contribution in [2.45, 2.75) is 19.9 Å². The normalized spacial score (nSPS) is 15.9. The van der Waals surface area contributed by atoms with E-state index in [1.165, 1.54) is 5.69 Å². The minimum Gasteiger partial charge on any atom is -0.369 e. The number of H-pyrrole nitrogens is 2. The molecule has 5 rings (SSSR count). The maximum atomic E-state index is 4.78. The van der Waals surface area contributed by atoms with Gasteiger partial charge in [0, 0.05) is 47.8 Å². The van der Waals surface area contributed by atoms with Crippen molar-refractivity contribution >= 4 is 43.6 Å². The molecule has 0 bridgehead atoms. The van der Waals surface area contributed by atoms with E-state index >= 15 is 0 Å². The predicted molar refractivity (Wildman–Crippen MR) is 118 cm³/mol. The van der Waals surface area contributed by atoms with E-state index in [4.69, 9.17) is 4.98 Å². The summed E-state index contributed by atoms with van der Waals surface area (Å²) in [5, 5.41) is 8.63. The molecule has 1 aliphatic rings. The molecule has 0 radical (unpaired) electrons. The van der Waals surface area contributed by atoms with Crippen molar-refractivity contribution in [2.75, 3.05) is 31.1 Å². The molecule has 7 heteroatoms.